The summed E-state index contributed by atoms with van der Waals surface area (Å²) >= 11 is 0. The highest BCUT2D eigenvalue weighted by Gasteiger charge is 2.28. The lowest BCUT2D eigenvalue weighted by Gasteiger charge is -2.14. The van der Waals surface area contributed by atoms with Gasteiger partial charge in [-0.1, -0.05) is 30.3 Å². The van der Waals surface area contributed by atoms with Gasteiger partial charge in [0, 0.05) is 11.6 Å². The van der Waals surface area contributed by atoms with Crippen molar-refractivity contribution in [2.45, 2.75) is 36.7 Å². The minimum atomic E-state index is -3.49. The fourth-order valence-electron chi connectivity index (χ4n) is 2.38. The van der Waals surface area contributed by atoms with Gasteiger partial charge in [-0.05, 0) is 49.6 Å². The number of hydrogen-bond acceptors (Lipinski definition) is 3. The van der Waals surface area contributed by atoms with Gasteiger partial charge in [0.2, 0.25) is 10.0 Å². The molecule has 126 valence electrons. The number of hydrogen-bond donors (Lipinski definition) is 2. The van der Waals surface area contributed by atoms with E-state index in [0.29, 0.717) is 5.56 Å². The highest BCUT2D eigenvalue weighted by atomic mass is 32.2. The minimum Gasteiger partial charge on any atom is -0.346 e. The number of rotatable bonds is 6. The third-order valence-corrected chi connectivity index (χ3v) is 5.51. The SMILES string of the molecule is C[C@H](NC(=O)c1ccc(S(=O)(=O)NC2CC2)cc1)c1ccccc1. The Morgan fingerprint density at radius 3 is 2.25 bits per heavy atom. The van der Waals surface area contributed by atoms with Crippen LogP contribution in [0.5, 0.6) is 0 Å². The van der Waals surface area contributed by atoms with Crippen LogP contribution in [0.2, 0.25) is 0 Å². The molecule has 0 aromatic heterocycles. The molecule has 0 bridgehead atoms. The molecule has 0 saturated heterocycles. The molecule has 1 saturated carbocycles. The van der Waals surface area contributed by atoms with Crippen molar-refractivity contribution in [1.29, 1.82) is 0 Å². The summed E-state index contributed by atoms with van der Waals surface area (Å²) in [5, 5.41) is 2.91. The van der Waals surface area contributed by atoms with Crippen LogP contribution >= 0.6 is 0 Å². The van der Waals surface area contributed by atoms with Crippen LogP contribution in [0.25, 0.3) is 0 Å². The predicted molar refractivity (Wildman–Crippen MR) is 92.1 cm³/mol. The maximum absolute atomic E-state index is 12.3. The molecule has 3 rings (SSSR count). The summed E-state index contributed by atoms with van der Waals surface area (Å²) in [6.07, 6.45) is 1.77. The Morgan fingerprint density at radius 1 is 1.04 bits per heavy atom. The Hall–Kier alpha value is -2.18. The molecule has 2 N–H and O–H groups in total. The molecule has 6 heteroatoms. The van der Waals surface area contributed by atoms with Crippen LogP contribution in [0.15, 0.2) is 59.5 Å². The normalized spacial score (nSPS) is 15.7. The van der Waals surface area contributed by atoms with Crippen LogP contribution in [0.4, 0.5) is 0 Å². The number of benzene rings is 2. The molecule has 24 heavy (non-hydrogen) atoms. The van der Waals surface area contributed by atoms with E-state index in [-0.39, 0.29) is 22.9 Å². The molecule has 2 aromatic carbocycles. The van der Waals surface area contributed by atoms with Crippen molar-refractivity contribution in [3.63, 3.8) is 0 Å². The standard InChI is InChI=1S/C18H20N2O3S/c1-13(14-5-3-2-4-6-14)19-18(21)15-7-11-17(12-8-15)24(22,23)20-16-9-10-16/h2-8,11-13,16,20H,9-10H2,1H3,(H,19,21)/t13-/m0/s1. The van der Waals surface area contributed by atoms with Gasteiger partial charge in [-0.25, -0.2) is 13.1 Å². The summed E-state index contributed by atoms with van der Waals surface area (Å²) in [4.78, 5) is 12.5. The molecule has 0 aliphatic heterocycles. The summed E-state index contributed by atoms with van der Waals surface area (Å²) in [6.45, 7) is 1.91. The molecule has 0 spiro atoms. The summed E-state index contributed by atoms with van der Waals surface area (Å²) in [6, 6.07) is 15.6. The zero-order valence-electron chi connectivity index (χ0n) is 13.4. The second kappa shape index (κ2) is 6.75. The number of amides is 1. The molecule has 1 aliphatic rings. The number of carbonyl (C=O) groups excluding carboxylic acids is 1. The van der Waals surface area contributed by atoms with E-state index >= 15 is 0 Å². The first kappa shape index (κ1) is 16.7. The lowest BCUT2D eigenvalue weighted by atomic mass is 10.1. The average molecular weight is 344 g/mol. The topological polar surface area (TPSA) is 75.3 Å². The van der Waals surface area contributed by atoms with E-state index in [1.165, 1.54) is 24.3 Å². The number of sulfonamides is 1. The van der Waals surface area contributed by atoms with Crippen LogP contribution in [-0.4, -0.2) is 20.4 Å². The fourth-order valence-corrected chi connectivity index (χ4v) is 3.68. The van der Waals surface area contributed by atoms with Crippen molar-refractivity contribution < 1.29 is 13.2 Å². The number of carbonyl (C=O) groups is 1. The van der Waals surface area contributed by atoms with E-state index in [2.05, 4.69) is 10.0 Å². The maximum atomic E-state index is 12.3. The first-order valence-corrected chi connectivity index (χ1v) is 9.42. The second-order valence-corrected chi connectivity index (χ2v) is 7.74. The van der Waals surface area contributed by atoms with Gasteiger partial charge in [0.1, 0.15) is 0 Å². The number of nitrogens with one attached hydrogen (secondary N) is 2. The fraction of sp³-hybridized carbons (Fsp3) is 0.278. The van der Waals surface area contributed by atoms with Crippen LogP contribution in [-0.2, 0) is 10.0 Å². The van der Waals surface area contributed by atoms with E-state index in [1.54, 1.807) is 0 Å². The molecule has 1 amide bonds. The van der Waals surface area contributed by atoms with E-state index in [9.17, 15) is 13.2 Å². The van der Waals surface area contributed by atoms with Crippen LogP contribution < -0.4 is 10.0 Å². The quantitative estimate of drug-likeness (QED) is 0.846. The van der Waals surface area contributed by atoms with E-state index in [1.807, 2.05) is 37.3 Å². The zero-order valence-corrected chi connectivity index (χ0v) is 14.2. The lowest BCUT2D eigenvalue weighted by Crippen LogP contribution is -2.27. The highest BCUT2D eigenvalue weighted by Crippen LogP contribution is 2.22. The maximum Gasteiger partial charge on any atom is 0.251 e. The van der Waals surface area contributed by atoms with Gasteiger partial charge in [-0.2, -0.15) is 0 Å². The Balaban J connectivity index is 1.67. The zero-order chi connectivity index (χ0) is 17.2. The van der Waals surface area contributed by atoms with Gasteiger partial charge in [0.25, 0.3) is 5.91 Å². The molecular weight excluding hydrogens is 324 g/mol. The van der Waals surface area contributed by atoms with Crippen LogP contribution in [0, 0.1) is 0 Å². The van der Waals surface area contributed by atoms with E-state index in [4.69, 9.17) is 0 Å². The highest BCUT2D eigenvalue weighted by molar-refractivity contribution is 7.89. The van der Waals surface area contributed by atoms with Gasteiger partial charge in [-0.3, -0.25) is 4.79 Å². The molecule has 1 aliphatic carbocycles. The molecule has 1 atom stereocenters. The third-order valence-electron chi connectivity index (χ3n) is 3.97. The average Bonchev–Trinajstić information content (AvgIpc) is 3.39. The van der Waals surface area contributed by atoms with Crippen LogP contribution in [0.3, 0.4) is 0 Å². The molecule has 1 fully saturated rings. The summed E-state index contributed by atoms with van der Waals surface area (Å²) < 4.78 is 26.9. The Labute approximate surface area is 142 Å². The van der Waals surface area contributed by atoms with E-state index in [0.717, 1.165) is 18.4 Å². The van der Waals surface area contributed by atoms with E-state index < -0.39 is 10.0 Å². The van der Waals surface area contributed by atoms with Gasteiger partial charge < -0.3 is 5.32 Å². The largest absolute Gasteiger partial charge is 0.346 e. The van der Waals surface area contributed by atoms with Crippen molar-refractivity contribution in [1.82, 2.24) is 10.0 Å². The second-order valence-electron chi connectivity index (χ2n) is 6.03. The van der Waals surface area contributed by atoms with Crippen molar-refractivity contribution in [3.05, 3.63) is 65.7 Å². The minimum absolute atomic E-state index is 0.0599. The van der Waals surface area contributed by atoms with Crippen LogP contribution in [0.1, 0.15) is 41.7 Å². The molecule has 0 radical (unpaired) electrons. The molecule has 0 heterocycles. The third kappa shape index (κ3) is 4.01. The summed E-state index contributed by atoms with van der Waals surface area (Å²) in [7, 11) is -3.49. The molecular formula is C18H20N2O3S. The first-order valence-electron chi connectivity index (χ1n) is 7.94. The Kier molecular flexibility index (Phi) is 4.69. The lowest BCUT2D eigenvalue weighted by molar-refractivity contribution is 0.0940. The summed E-state index contributed by atoms with van der Waals surface area (Å²) in [5.41, 5.74) is 1.45. The molecule has 5 nitrogen and oxygen atoms in total. The predicted octanol–water partition coefficient (Wildman–Crippen LogP) is 2.62. The van der Waals surface area contributed by atoms with Gasteiger partial charge in [0.05, 0.1) is 10.9 Å². The van der Waals surface area contributed by atoms with Gasteiger partial charge >= 0.3 is 0 Å². The molecule has 0 unspecified atom stereocenters. The molecule has 2 aromatic rings. The van der Waals surface area contributed by atoms with Crippen molar-refractivity contribution >= 4 is 15.9 Å². The Bertz CT molecular complexity index is 813. The van der Waals surface area contributed by atoms with Gasteiger partial charge in [-0.15, -0.1) is 0 Å². The summed E-state index contributed by atoms with van der Waals surface area (Å²) in [5.74, 6) is -0.231. The van der Waals surface area contributed by atoms with Gasteiger partial charge in [0.15, 0.2) is 0 Å². The van der Waals surface area contributed by atoms with Crippen molar-refractivity contribution in [3.8, 4) is 0 Å². The smallest absolute Gasteiger partial charge is 0.251 e. The monoisotopic (exact) mass is 344 g/mol. The van der Waals surface area contributed by atoms with Crippen molar-refractivity contribution in [2.24, 2.45) is 0 Å². The van der Waals surface area contributed by atoms with Crippen molar-refractivity contribution in [2.75, 3.05) is 0 Å². The Morgan fingerprint density at radius 2 is 1.67 bits per heavy atom. The first-order chi connectivity index (χ1) is 11.5.